The molecule has 0 saturated heterocycles. The second-order valence-corrected chi connectivity index (χ2v) is 5.35. The zero-order chi connectivity index (χ0) is 16.4. The normalized spacial score (nSPS) is 10.7. The maximum absolute atomic E-state index is 12.5. The zero-order valence-corrected chi connectivity index (χ0v) is 13.0. The van der Waals surface area contributed by atoms with Crippen LogP contribution in [0, 0.1) is 0 Å². The molecule has 0 fully saturated rings. The standard InChI is InChI=1S/C18H17N3O2/c1-3-13-10-16(14-6-4-5-7-15(14)19-13)20-18(23)12-8-9-17(22)21(2)11-12/h4-11H,3H2,1-2H3,(H,19,20,23). The van der Waals surface area contributed by atoms with E-state index >= 15 is 0 Å². The van der Waals surface area contributed by atoms with E-state index in [9.17, 15) is 9.59 Å². The van der Waals surface area contributed by atoms with Crippen molar-refractivity contribution in [1.82, 2.24) is 9.55 Å². The summed E-state index contributed by atoms with van der Waals surface area (Å²) < 4.78 is 1.39. The van der Waals surface area contributed by atoms with Crippen LogP contribution in [0.2, 0.25) is 0 Å². The van der Waals surface area contributed by atoms with E-state index in [2.05, 4.69) is 10.3 Å². The van der Waals surface area contributed by atoms with Crippen molar-refractivity contribution < 1.29 is 4.79 Å². The van der Waals surface area contributed by atoms with Gasteiger partial charge in [0.2, 0.25) is 5.56 Å². The first-order chi connectivity index (χ1) is 11.1. The number of anilines is 1. The van der Waals surface area contributed by atoms with Crippen molar-refractivity contribution in [1.29, 1.82) is 0 Å². The Morgan fingerprint density at radius 2 is 2.00 bits per heavy atom. The van der Waals surface area contributed by atoms with Gasteiger partial charge in [-0.05, 0) is 24.6 Å². The number of amides is 1. The number of benzene rings is 1. The van der Waals surface area contributed by atoms with Gasteiger partial charge in [0.15, 0.2) is 0 Å². The first kappa shape index (κ1) is 15.0. The summed E-state index contributed by atoms with van der Waals surface area (Å²) in [6.45, 7) is 2.02. The van der Waals surface area contributed by atoms with E-state index in [4.69, 9.17) is 0 Å². The smallest absolute Gasteiger partial charge is 0.257 e. The van der Waals surface area contributed by atoms with E-state index in [0.717, 1.165) is 28.7 Å². The minimum absolute atomic E-state index is 0.149. The lowest BCUT2D eigenvalue weighted by Gasteiger charge is -2.11. The summed E-state index contributed by atoms with van der Waals surface area (Å²) in [6, 6.07) is 12.5. The van der Waals surface area contributed by atoms with Gasteiger partial charge in [-0.3, -0.25) is 14.6 Å². The van der Waals surface area contributed by atoms with Crippen LogP contribution >= 0.6 is 0 Å². The summed E-state index contributed by atoms with van der Waals surface area (Å²) in [5.41, 5.74) is 2.78. The van der Waals surface area contributed by atoms with Crippen LogP contribution in [0.3, 0.4) is 0 Å². The number of carbonyl (C=O) groups is 1. The van der Waals surface area contributed by atoms with Crippen LogP contribution in [0.4, 0.5) is 5.69 Å². The fourth-order valence-electron chi connectivity index (χ4n) is 2.44. The molecule has 5 heteroatoms. The Kier molecular flexibility index (Phi) is 3.93. The summed E-state index contributed by atoms with van der Waals surface area (Å²) in [7, 11) is 1.62. The van der Waals surface area contributed by atoms with Crippen LogP contribution in [0.1, 0.15) is 23.0 Å². The highest BCUT2D eigenvalue weighted by Crippen LogP contribution is 2.23. The van der Waals surface area contributed by atoms with Crippen molar-refractivity contribution in [2.75, 3.05) is 5.32 Å². The Labute approximate surface area is 133 Å². The average molecular weight is 307 g/mol. The van der Waals surface area contributed by atoms with Gasteiger partial charge in [0, 0.05) is 30.4 Å². The first-order valence-corrected chi connectivity index (χ1v) is 7.45. The van der Waals surface area contributed by atoms with Crippen molar-refractivity contribution >= 4 is 22.5 Å². The van der Waals surface area contributed by atoms with Crippen molar-refractivity contribution in [3.8, 4) is 0 Å². The van der Waals surface area contributed by atoms with E-state index < -0.39 is 0 Å². The minimum atomic E-state index is -0.251. The number of pyridine rings is 2. The quantitative estimate of drug-likeness (QED) is 0.809. The first-order valence-electron chi connectivity index (χ1n) is 7.45. The van der Waals surface area contributed by atoms with Crippen LogP contribution in [-0.2, 0) is 13.5 Å². The molecule has 0 saturated carbocycles. The van der Waals surface area contributed by atoms with E-state index in [1.807, 2.05) is 37.3 Å². The monoisotopic (exact) mass is 307 g/mol. The second kappa shape index (κ2) is 6.04. The summed E-state index contributed by atoms with van der Waals surface area (Å²) in [6.07, 6.45) is 2.31. The highest BCUT2D eigenvalue weighted by Gasteiger charge is 2.11. The number of hydrogen-bond acceptors (Lipinski definition) is 3. The van der Waals surface area contributed by atoms with Crippen LogP contribution in [0.5, 0.6) is 0 Å². The molecule has 116 valence electrons. The van der Waals surface area contributed by atoms with Crippen LogP contribution in [0.15, 0.2) is 53.5 Å². The molecule has 0 radical (unpaired) electrons. The minimum Gasteiger partial charge on any atom is -0.321 e. The largest absolute Gasteiger partial charge is 0.321 e. The van der Waals surface area contributed by atoms with E-state index in [0.29, 0.717) is 5.56 Å². The van der Waals surface area contributed by atoms with Crippen molar-refractivity contribution in [3.05, 3.63) is 70.3 Å². The number of nitrogens with zero attached hydrogens (tertiary/aromatic N) is 2. The van der Waals surface area contributed by atoms with Crippen molar-refractivity contribution in [2.24, 2.45) is 7.05 Å². The predicted octanol–water partition coefficient (Wildman–Crippen LogP) is 2.75. The van der Waals surface area contributed by atoms with Gasteiger partial charge in [0.25, 0.3) is 5.91 Å². The summed E-state index contributed by atoms with van der Waals surface area (Å²) in [4.78, 5) is 28.5. The molecule has 0 aliphatic carbocycles. The number of aromatic nitrogens is 2. The molecule has 23 heavy (non-hydrogen) atoms. The third-order valence-electron chi connectivity index (χ3n) is 3.73. The van der Waals surface area contributed by atoms with E-state index in [1.165, 1.54) is 22.9 Å². The summed E-state index contributed by atoms with van der Waals surface area (Å²) in [5, 5.41) is 3.82. The number of nitrogens with one attached hydrogen (secondary N) is 1. The van der Waals surface area contributed by atoms with Gasteiger partial charge >= 0.3 is 0 Å². The van der Waals surface area contributed by atoms with Crippen LogP contribution in [-0.4, -0.2) is 15.5 Å². The molecule has 2 heterocycles. The topological polar surface area (TPSA) is 64.0 Å². The maximum Gasteiger partial charge on any atom is 0.257 e. The number of hydrogen-bond donors (Lipinski definition) is 1. The highest BCUT2D eigenvalue weighted by atomic mass is 16.2. The molecule has 0 aliphatic rings. The number of para-hydroxylation sites is 1. The fourth-order valence-corrected chi connectivity index (χ4v) is 2.44. The van der Waals surface area contributed by atoms with Gasteiger partial charge in [0.1, 0.15) is 0 Å². The molecule has 1 aromatic carbocycles. The average Bonchev–Trinajstić information content (AvgIpc) is 2.57. The Hall–Kier alpha value is -2.95. The Balaban J connectivity index is 2.01. The number of fused-ring (bicyclic) bond motifs is 1. The molecular weight excluding hydrogens is 290 g/mol. The van der Waals surface area contributed by atoms with Gasteiger partial charge in [-0.2, -0.15) is 0 Å². The number of aryl methyl sites for hydroxylation is 2. The Bertz CT molecular complexity index is 944. The predicted molar refractivity (Wildman–Crippen MR) is 90.8 cm³/mol. The van der Waals surface area contributed by atoms with Crippen LogP contribution < -0.4 is 10.9 Å². The number of rotatable bonds is 3. The molecule has 0 unspecified atom stereocenters. The lowest BCUT2D eigenvalue weighted by Crippen LogP contribution is -2.19. The molecule has 1 amide bonds. The van der Waals surface area contributed by atoms with Crippen LogP contribution in [0.25, 0.3) is 10.9 Å². The lowest BCUT2D eigenvalue weighted by atomic mass is 10.1. The van der Waals surface area contributed by atoms with Gasteiger partial charge in [-0.15, -0.1) is 0 Å². The third kappa shape index (κ3) is 2.99. The second-order valence-electron chi connectivity index (χ2n) is 5.35. The molecule has 5 nitrogen and oxygen atoms in total. The molecule has 0 spiro atoms. The summed E-state index contributed by atoms with van der Waals surface area (Å²) in [5.74, 6) is -0.251. The molecule has 0 atom stereocenters. The van der Waals surface area contributed by atoms with Gasteiger partial charge in [-0.25, -0.2) is 0 Å². The van der Waals surface area contributed by atoms with E-state index in [1.54, 1.807) is 7.05 Å². The number of carbonyl (C=O) groups excluding carboxylic acids is 1. The highest BCUT2D eigenvalue weighted by molar-refractivity contribution is 6.08. The Morgan fingerprint density at radius 1 is 1.22 bits per heavy atom. The summed E-state index contributed by atoms with van der Waals surface area (Å²) >= 11 is 0. The fraction of sp³-hybridized carbons (Fsp3) is 0.167. The molecule has 3 aromatic rings. The zero-order valence-electron chi connectivity index (χ0n) is 13.0. The van der Waals surface area contributed by atoms with Gasteiger partial charge < -0.3 is 9.88 Å². The van der Waals surface area contributed by atoms with Crippen molar-refractivity contribution in [2.45, 2.75) is 13.3 Å². The third-order valence-corrected chi connectivity index (χ3v) is 3.73. The lowest BCUT2D eigenvalue weighted by molar-refractivity contribution is 0.102. The SMILES string of the molecule is CCc1cc(NC(=O)c2ccc(=O)n(C)c2)c2ccccc2n1. The molecule has 3 rings (SSSR count). The van der Waals surface area contributed by atoms with E-state index in [-0.39, 0.29) is 11.5 Å². The van der Waals surface area contributed by atoms with Crippen molar-refractivity contribution in [3.63, 3.8) is 0 Å². The Morgan fingerprint density at radius 3 is 2.74 bits per heavy atom. The van der Waals surface area contributed by atoms with Gasteiger partial charge in [0.05, 0.1) is 16.8 Å². The molecule has 0 bridgehead atoms. The molecular formula is C18H17N3O2. The molecule has 1 N–H and O–H groups in total. The van der Waals surface area contributed by atoms with Gasteiger partial charge in [-0.1, -0.05) is 25.1 Å². The molecule has 2 aromatic heterocycles. The molecule has 0 aliphatic heterocycles. The maximum atomic E-state index is 12.5.